The topological polar surface area (TPSA) is 297 Å². The zero-order chi connectivity index (χ0) is 45.9. The fourth-order valence-corrected chi connectivity index (χ4v) is 6.19. The average Bonchev–Trinajstić information content (AvgIpc) is 3.23. The summed E-state index contributed by atoms with van der Waals surface area (Å²) in [4.78, 5) is 70.5. The van der Waals surface area contributed by atoms with Crippen molar-refractivity contribution in [1.29, 1.82) is 0 Å². The summed E-state index contributed by atoms with van der Waals surface area (Å²) in [5.41, 5.74) is 1.39. The monoisotopic (exact) mass is 894 g/mol. The summed E-state index contributed by atoms with van der Waals surface area (Å²) in [5.74, 6) is 0.340. The van der Waals surface area contributed by atoms with Crippen LogP contribution < -0.4 is 32.5 Å². The predicted octanol–water partition coefficient (Wildman–Crippen LogP) is 1.33. The summed E-state index contributed by atoms with van der Waals surface area (Å²) in [5, 5.41) is 38.9. The van der Waals surface area contributed by atoms with E-state index in [-0.39, 0.29) is 122 Å². The number of aliphatic carboxylic acids is 2. The highest BCUT2D eigenvalue weighted by molar-refractivity contribution is 5.84. The van der Waals surface area contributed by atoms with Crippen molar-refractivity contribution in [1.82, 2.24) is 26.7 Å². The van der Waals surface area contributed by atoms with Gasteiger partial charge in [0.2, 0.25) is 23.6 Å². The second-order valence-electron chi connectivity index (χ2n) is 15.3. The van der Waals surface area contributed by atoms with E-state index in [2.05, 4.69) is 32.5 Å². The van der Waals surface area contributed by atoms with Crippen LogP contribution in [-0.2, 0) is 52.5 Å². The zero-order valence-electron chi connectivity index (χ0n) is 37.5. The van der Waals surface area contributed by atoms with Crippen molar-refractivity contribution < 1.29 is 73.6 Å². The molecule has 11 N–H and O–H groups in total. The Morgan fingerprint density at radius 2 is 0.984 bits per heavy atom. The number of quaternary nitrogens is 1. The fourth-order valence-electron chi connectivity index (χ4n) is 6.19. The SMILES string of the molecule is COC[C@](O)(CCCCNC(=O)COCCOCCNC(=O)COCCOCCNC(=O)CC[C@H](NC(=O)CCCCCCCCCCCCCCCCC(=O)O)C(=O)O)N[NH3+]. The number of amides is 4. The van der Waals surface area contributed by atoms with E-state index in [0.29, 0.717) is 32.2 Å². The van der Waals surface area contributed by atoms with Crippen molar-refractivity contribution in [2.24, 2.45) is 0 Å². The Hall–Kier alpha value is -3.50. The molecule has 2 atom stereocenters. The van der Waals surface area contributed by atoms with Crippen LogP contribution in [0.1, 0.15) is 135 Å². The first-order valence-corrected chi connectivity index (χ1v) is 22.5. The number of aliphatic hydroxyl groups is 1. The number of carboxylic acids is 2. The first-order chi connectivity index (χ1) is 29.9. The maximum atomic E-state index is 12.3. The van der Waals surface area contributed by atoms with Crippen molar-refractivity contribution in [3.8, 4) is 0 Å². The highest BCUT2D eigenvalue weighted by atomic mass is 16.5. The number of methoxy groups -OCH3 is 1. The predicted molar refractivity (Wildman–Crippen MR) is 229 cm³/mol. The van der Waals surface area contributed by atoms with Gasteiger partial charge in [-0.25, -0.2) is 4.79 Å². The van der Waals surface area contributed by atoms with Crippen LogP contribution >= 0.6 is 0 Å². The van der Waals surface area contributed by atoms with E-state index >= 15 is 0 Å². The Morgan fingerprint density at radius 1 is 0.532 bits per heavy atom. The van der Waals surface area contributed by atoms with E-state index in [1.807, 2.05) is 0 Å². The molecule has 0 aromatic rings. The smallest absolute Gasteiger partial charge is 0.326 e. The molecule has 0 fully saturated rings. The summed E-state index contributed by atoms with van der Waals surface area (Å²) in [6.07, 6.45) is 17.2. The van der Waals surface area contributed by atoms with Crippen LogP contribution in [0.15, 0.2) is 0 Å². The van der Waals surface area contributed by atoms with Crippen molar-refractivity contribution in [2.75, 3.05) is 86.2 Å². The van der Waals surface area contributed by atoms with Gasteiger partial charge in [0.15, 0.2) is 5.72 Å². The first kappa shape index (κ1) is 58.5. The molecule has 0 aromatic carbocycles. The van der Waals surface area contributed by atoms with E-state index < -0.39 is 23.7 Å². The van der Waals surface area contributed by atoms with Crippen LogP contribution in [0.4, 0.5) is 0 Å². The van der Waals surface area contributed by atoms with Crippen LogP contribution in [-0.4, -0.2) is 149 Å². The van der Waals surface area contributed by atoms with Gasteiger partial charge in [-0.15, -0.1) is 5.43 Å². The van der Waals surface area contributed by atoms with Gasteiger partial charge in [0.1, 0.15) is 19.3 Å². The fraction of sp³-hybridized carbons (Fsp3) is 0.857. The van der Waals surface area contributed by atoms with Gasteiger partial charge in [0, 0.05) is 46.0 Å². The minimum Gasteiger partial charge on any atom is -0.481 e. The standard InChI is InChI=1S/C42H80N6O14/c1-58-34-42(57,48-43)22-16-17-23-44-38(51)32-61-30-29-60-27-25-46-39(52)33-62-31-28-59-26-24-45-36(49)21-20-35(41(55)56)47-37(50)18-14-12-10-8-6-4-2-3-5-7-9-11-13-15-19-40(53)54/h35,48,57H,2-34,43H2,1H3,(H,44,51)(H,45,49)(H,46,52)(H,47,50)(H,53,54)(H,55,56)/p+1/t35-,42+/m0/s1. The number of carbonyl (C=O) groups is 6. The molecule has 20 heteroatoms. The van der Waals surface area contributed by atoms with E-state index in [1.165, 1.54) is 52.1 Å². The number of hydrogen-bond donors (Lipinski definition) is 9. The van der Waals surface area contributed by atoms with Crippen LogP contribution in [0.25, 0.3) is 0 Å². The summed E-state index contributed by atoms with van der Waals surface area (Å²) < 4.78 is 26.3. The van der Waals surface area contributed by atoms with Gasteiger partial charge in [-0.05, 0) is 38.5 Å². The van der Waals surface area contributed by atoms with Gasteiger partial charge in [-0.1, -0.05) is 77.0 Å². The van der Waals surface area contributed by atoms with Crippen LogP contribution in [0.5, 0.6) is 0 Å². The van der Waals surface area contributed by atoms with E-state index in [1.54, 1.807) is 0 Å². The molecule has 0 aliphatic carbocycles. The molecule has 0 spiro atoms. The molecule has 0 bridgehead atoms. The molecule has 0 aliphatic heterocycles. The Balaban J connectivity index is 3.66. The third-order valence-electron chi connectivity index (χ3n) is 9.74. The molecule has 0 radical (unpaired) electrons. The number of hydrogen-bond acceptors (Lipinski definition) is 13. The van der Waals surface area contributed by atoms with Crippen LogP contribution in [0, 0.1) is 0 Å². The molecule has 0 aliphatic rings. The Bertz CT molecular complexity index is 1190. The summed E-state index contributed by atoms with van der Waals surface area (Å²) in [6, 6.07) is -1.14. The maximum Gasteiger partial charge on any atom is 0.326 e. The normalized spacial score (nSPS) is 12.6. The highest BCUT2D eigenvalue weighted by Gasteiger charge is 2.26. The molecule has 0 unspecified atom stereocenters. The lowest BCUT2D eigenvalue weighted by molar-refractivity contribution is -0.486. The van der Waals surface area contributed by atoms with Crippen molar-refractivity contribution in [3.05, 3.63) is 0 Å². The molecular formula is C42H81N6O14+. The van der Waals surface area contributed by atoms with E-state index in [4.69, 9.17) is 28.8 Å². The van der Waals surface area contributed by atoms with Crippen molar-refractivity contribution in [3.63, 3.8) is 0 Å². The van der Waals surface area contributed by atoms with Crippen LogP contribution in [0.2, 0.25) is 0 Å². The maximum absolute atomic E-state index is 12.3. The summed E-state index contributed by atoms with van der Waals surface area (Å²) in [6.45, 7) is 2.07. The Morgan fingerprint density at radius 3 is 1.45 bits per heavy atom. The molecule has 0 saturated carbocycles. The highest BCUT2D eigenvalue weighted by Crippen LogP contribution is 2.14. The van der Waals surface area contributed by atoms with E-state index in [9.17, 15) is 39.0 Å². The molecule has 20 nitrogen and oxygen atoms in total. The molecule has 62 heavy (non-hydrogen) atoms. The van der Waals surface area contributed by atoms with Gasteiger partial charge in [-0.2, -0.15) is 0 Å². The number of nitrogens with one attached hydrogen (secondary N) is 5. The first-order valence-electron chi connectivity index (χ1n) is 22.5. The Labute approximate surface area is 368 Å². The lowest BCUT2D eigenvalue weighted by atomic mass is 10.0. The number of carbonyl (C=O) groups excluding carboxylic acids is 4. The van der Waals surface area contributed by atoms with Crippen LogP contribution in [0.3, 0.4) is 0 Å². The van der Waals surface area contributed by atoms with Gasteiger partial charge < -0.3 is 60.3 Å². The second kappa shape index (κ2) is 41.5. The van der Waals surface area contributed by atoms with Gasteiger partial charge in [0.25, 0.3) is 0 Å². The van der Waals surface area contributed by atoms with Gasteiger partial charge in [-0.3, -0.25) is 29.8 Å². The van der Waals surface area contributed by atoms with Crippen molar-refractivity contribution in [2.45, 2.75) is 147 Å². The van der Waals surface area contributed by atoms with Gasteiger partial charge >= 0.3 is 11.9 Å². The lowest BCUT2D eigenvalue weighted by Crippen LogP contribution is -2.75. The quantitative estimate of drug-likeness (QED) is 0.0237. The number of carboxylic acid groups (broad SMARTS) is 2. The largest absolute Gasteiger partial charge is 0.481 e. The minimum absolute atomic E-state index is 0.0282. The minimum atomic E-state index is -1.19. The zero-order valence-corrected chi connectivity index (χ0v) is 37.5. The molecule has 0 rings (SSSR count). The molecule has 0 heterocycles. The van der Waals surface area contributed by atoms with Crippen molar-refractivity contribution >= 4 is 35.6 Å². The van der Waals surface area contributed by atoms with E-state index in [0.717, 1.165) is 38.5 Å². The second-order valence-corrected chi connectivity index (χ2v) is 15.3. The third-order valence-corrected chi connectivity index (χ3v) is 9.74. The lowest BCUT2D eigenvalue weighted by Gasteiger charge is -2.23. The Kier molecular flexibility index (Phi) is 39.2. The molecule has 0 aromatic heterocycles. The number of ether oxygens (including phenoxy) is 5. The summed E-state index contributed by atoms with van der Waals surface area (Å²) >= 11 is 0. The third kappa shape index (κ3) is 39.4. The molecule has 4 amide bonds. The average molecular weight is 894 g/mol. The number of rotatable bonds is 46. The number of unbranched alkanes of at least 4 members (excludes halogenated alkanes) is 14. The summed E-state index contributed by atoms with van der Waals surface area (Å²) in [7, 11) is 1.49. The molecule has 0 saturated heterocycles. The molecule has 362 valence electrons. The molecular weight excluding hydrogens is 812 g/mol. The van der Waals surface area contributed by atoms with Gasteiger partial charge in [0.05, 0.1) is 46.2 Å².